The van der Waals surface area contributed by atoms with E-state index < -0.39 is 0 Å². The summed E-state index contributed by atoms with van der Waals surface area (Å²) in [6, 6.07) is 1.40. The van der Waals surface area contributed by atoms with Gasteiger partial charge in [-0.25, -0.2) is 0 Å². The van der Waals surface area contributed by atoms with E-state index in [0.29, 0.717) is 6.04 Å². The van der Waals surface area contributed by atoms with Gasteiger partial charge in [-0.3, -0.25) is 9.80 Å². The quantitative estimate of drug-likeness (QED) is 0.844. The summed E-state index contributed by atoms with van der Waals surface area (Å²) in [6.07, 6.45) is 6.68. The summed E-state index contributed by atoms with van der Waals surface area (Å²) in [4.78, 5) is 4.95. The zero-order valence-corrected chi connectivity index (χ0v) is 12.8. The monoisotopic (exact) mass is 282 g/mol. The Bertz CT molecular complexity index is 307. The van der Waals surface area contributed by atoms with Crippen molar-refractivity contribution in [2.75, 3.05) is 39.4 Å². The molecule has 3 rings (SSSR count). The number of morpholine rings is 1. The topological polar surface area (TPSA) is 35.9 Å². The Morgan fingerprint density at radius 3 is 2.70 bits per heavy atom. The fourth-order valence-electron chi connectivity index (χ4n) is 4.50. The van der Waals surface area contributed by atoms with Crippen LogP contribution in [0.2, 0.25) is 0 Å². The molecule has 0 radical (unpaired) electrons. The van der Waals surface area contributed by atoms with Gasteiger partial charge in [-0.15, -0.1) is 0 Å². The number of fused-ring (bicyclic) bond motifs is 1. The Hall–Kier alpha value is -0.160. The molecule has 4 atom stereocenters. The molecular weight excluding hydrogens is 252 g/mol. The van der Waals surface area contributed by atoms with Crippen LogP contribution in [0, 0.1) is 5.92 Å². The molecule has 4 unspecified atom stereocenters. The van der Waals surface area contributed by atoms with E-state index in [0.717, 1.165) is 51.4 Å². The van der Waals surface area contributed by atoms with Crippen molar-refractivity contribution in [1.29, 1.82) is 0 Å². The van der Waals surface area contributed by atoms with Crippen molar-refractivity contribution in [3.05, 3.63) is 0 Å². The third-order valence-corrected chi connectivity index (χ3v) is 5.50. The van der Waals surface area contributed by atoms with E-state index in [-0.39, 0.29) is 6.10 Å². The van der Waals surface area contributed by atoms with E-state index in [1.807, 2.05) is 0 Å². The van der Waals surface area contributed by atoms with E-state index in [4.69, 9.17) is 4.74 Å². The van der Waals surface area contributed by atoms with Gasteiger partial charge in [-0.1, -0.05) is 12.8 Å². The molecule has 4 nitrogen and oxygen atoms in total. The molecule has 0 amide bonds. The fourth-order valence-corrected chi connectivity index (χ4v) is 4.50. The first kappa shape index (κ1) is 14.8. The summed E-state index contributed by atoms with van der Waals surface area (Å²) >= 11 is 0. The lowest BCUT2D eigenvalue weighted by Gasteiger charge is -2.36. The van der Waals surface area contributed by atoms with Crippen molar-refractivity contribution in [2.24, 2.45) is 5.92 Å². The Labute approximate surface area is 123 Å². The zero-order valence-electron chi connectivity index (χ0n) is 12.8. The van der Waals surface area contributed by atoms with E-state index in [2.05, 4.69) is 16.7 Å². The molecule has 0 spiro atoms. The largest absolute Gasteiger partial charge is 0.390 e. The van der Waals surface area contributed by atoms with Crippen molar-refractivity contribution in [3.63, 3.8) is 0 Å². The van der Waals surface area contributed by atoms with Crippen LogP contribution in [0.1, 0.15) is 39.0 Å². The van der Waals surface area contributed by atoms with Crippen LogP contribution < -0.4 is 0 Å². The molecule has 0 aromatic rings. The van der Waals surface area contributed by atoms with Crippen molar-refractivity contribution in [1.82, 2.24) is 9.80 Å². The van der Waals surface area contributed by atoms with Crippen molar-refractivity contribution < 1.29 is 9.84 Å². The lowest BCUT2D eigenvalue weighted by Crippen LogP contribution is -2.47. The normalized spacial score (nSPS) is 37.8. The van der Waals surface area contributed by atoms with Gasteiger partial charge >= 0.3 is 0 Å². The molecule has 0 aromatic heterocycles. The number of likely N-dealkylation sites (tertiary alicyclic amines) is 1. The first-order valence-electron chi connectivity index (χ1n) is 8.48. The number of β-amino-alcohol motifs (C(OH)–C–C–N with tert-alkyl or cyclic N) is 1. The highest BCUT2D eigenvalue weighted by Crippen LogP contribution is 2.39. The van der Waals surface area contributed by atoms with Crippen molar-refractivity contribution in [3.8, 4) is 0 Å². The highest BCUT2D eigenvalue weighted by molar-refractivity contribution is 4.95. The summed E-state index contributed by atoms with van der Waals surface area (Å²) in [5.74, 6) is 0.898. The minimum Gasteiger partial charge on any atom is -0.390 e. The number of rotatable bonds is 4. The average molecular weight is 282 g/mol. The summed E-state index contributed by atoms with van der Waals surface area (Å²) in [7, 11) is 0. The van der Waals surface area contributed by atoms with E-state index >= 15 is 0 Å². The number of hydrogen-bond acceptors (Lipinski definition) is 4. The van der Waals surface area contributed by atoms with Crippen LogP contribution in [0.4, 0.5) is 0 Å². The summed E-state index contributed by atoms with van der Waals surface area (Å²) < 4.78 is 5.37. The van der Waals surface area contributed by atoms with Crippen LogP contribution >= 0.6 is 0 Å². The molecule has 2 saturated heterocycles. The molecule has 1 aliphatic carbocycles. The number of aliphatic hydroxyl groups is 1. The molecule has 0 bridgehead atoms. The van der Waals surface area contributed by atoms with Gasteiger partial charge in [0, 0.05) is 38.3 Å². The number of hydrogen-bond donors (Lipinski definition) is 1. The van der Waals surface area contributed by atoms with Crippen molar-refractivity contribution in [2.45, 2.75) is 57.2 Å². The standard InChI is InChI=1S/C16H30N2O2/c1-13-10-14-4-2-3-5-16(14)18(13)12-15(19)11-17-6-8-20-9-7-17/h13-16,19H,2-12H2,1H3. The van der Waals surface area contributed by atoms with Crippen LogP contribution in [0.3, 0.4) is 0 Å². The molecular formula is C16H30N2O2. The van der Waals surface area contributed by atoms with Gasteiger partial charge in [0.2, 0.25) is 0 Å². The van der Waals surface area contributed by atoms with Gasteiger partial charge in [0.05, 0.1) is 19.3 Å². The Balaban J connectivity index is 1.50. The van der Waals surface area contributed by atoms with E-state index in [9.17, 15) is 5.11 Å². The lowest BCUT2D eigenvalue weighted by molar-refractivity contribution is 0.000707. The number of nitrogens with zero attached hydrogens (tertiary/aromatic N) is 2. The number of ether oxygens (including phenoxy) is 1. The predicted molar refractivity (Wildman–Crippen MR) is 79.8 cm³/mol. The van der Waals surface area contributed by atoms with Gasteiger partial charge in [-0.2, -0.15) is 0 Å². The Morgan fingerprint density at radius 1 is 1.15 bits per heavy atom. The smallest absolute Gasteiger partial charge is 0.0794 e. The Morgan fingerprint density at radius 2 is 1.90 bits per heavy atom. The van der Waals surface area contributed by atoms with Gasteiger partial charge in [0.15, 0.2) is 0 Å². The maximum Gasteiger partial charge on any atom is 0.0794 e. The maximum atomic E-state index is 10.4. The third-order valence-electron chi connectivity index (χ3n) is 5.50. The van der Waals surface area contributed by atoms with Crippen LogP contribution in [0.15, 0.2) is 0 Å². The fraction of sp³-hybridized carbons (Fsp3) is 1.00. The van der Waals surface area contributed by atoms with Crippen LogP contribution in [-0.2, 0) is 4.74 Å². The predicted octanol–water partition coefficient (Wildman–Crippen LogP) is 1.33. The molecule has 116 valence electrons. The second-order valence-corrected chi connectivity index (χ2v) is 6.96. The average Bonchev–Trinajstić information content (AvgIpc) is 2.76. The summed E-state index contributed by atoms with van der Waals surface area (Å²) in [6.45, 7) is 7.59. The SMILES string of the molecule is CC1CC2CCCCC2N1CC(O)CN1CCOCC1. The van der Waals surface area contributed by atoms with Crippen LogP contribution in [-0.4, -0.2) is 72.5 Å². The van der Waals surface area contributed by atoms with Gasteiger partial charge < -0.3 is 9.84 Å². The molecule has 4 heteroatoms. The number of aliphatic hydroxyl groups excluding tert-OH is 1. The summed E-state index contributed by atoms with van der Waals surface area (Å²) in [5.41, 5.74) is 0. The molecule has 0 aromatic carbocycles. The van der Waals surface area contributed by atoms with Gasteiger partial charge in [0.25, 0.3) is 0 Å². The van der Waals surface area contributed by atoms with E-state index in [1.165, 1.54) is 32.1 Å². The second-order valence-electron chi connectivity index (χ2n) is 6.96. The van der Waals surface area contributed by atoms with Crippen LogP contribution in [0.5, 0.6) is 0 Å². The van der Waals surface area contributed by atoms with Gasteiger partial charge in [0.1, 0.15) is 0 Å². The zero-order chi connectivity index (χ0) is 13.9. The van der Waals surface area contributed by atoms with Crippen molar-refractivity contribution >= 4 is 0 Å². The van der Waals surface area contributed by atoms with Crippen LogP contribution in [0.25, 0.3) is 0 Å². The molecule has 3 aliphatic rings. The molecule has 20 heavy (non-hydrogen) atoms. The lowest BCUT2D eigenvalue weighted by atomic mass is 9.85. The highest BCUT2D eigenvalue weighted by atomic mass is 16.5. The minimum absolute atomic E-state index is 0.212. The maximum absolute atomic E-state index is 10.4. The molecule has 2 aliphatic heterocycles. The third kappa shape index (κ3) is 3.35. The first-order valence-corrected chi connectivity index (χ1v) is 8.48. The first-order chi connectivity index (χ1) is 9.74. The molecule has 1 N–H and O–H groups in total. The Kier molecular flexibility index (Phi) is 4.97. The summed E-state index contributed by atoms with van der Waals surface area (Å²) in [5, 5.41) is 10.4. The molecule has 1 saturated carbocycles. The second kappa shape index (κ2) is 6.73. The molecule has 2 heterocycles. The molecule has 3 fully saturated rings. The minimum atomic E-state index is -0.212. The highest BCUT2D eigenvalue weighted by Gasteiger charge is 2.40. The van der Waals surface area contributed by atoms with E-state index in [1.54, 1.807) is 0 Å². The van der Waals surface area contributed by atoms with Gasteiger partial charge in [-0.05, 0) is 32.1 Å².